The maximum atomic E-state index is 11.0. The Balaban J connectivity index is 2.47. The van der Waals surface area contributed by atoms with Gasteiger partial charge in [-0.1, -0.05) is 0 Å². The van der Waals surface area contributed by atoms with Crippen molar-refractivity contribution in [3.63, 3.8) is 0 Å². The summed E-state index contributed by atoms with van der Waals surface area (Å²) in [4.78, 5) is 11.0. The van der Waals surface area contributed by atoms with E-state index < -0.39 is 0 Å². The van der Waals surface area contributed by atoms with E-state index in [-0.39, 0.29) is 11.9 Å². The topological polar surface area (TPSA) is 50.1 Å². The largest absolute Gasteiger partial charge is 0.465 e. The van der Waals surface area contributed by atoms with Gasteiger partial charge in [0.25, 0.3) is 0 Å². The van der Waals surface area contributed by atoms with Crippen molar-refractivity contribution >= 4 is 5.97 Å². The molecule has 1 aliphatic rings. The number of nitrogens with zero attached hydrogens (tertiary/aromatic N) is 1. The minimum absolute atomic E-state index is 0.164. The van der Waals surface area contributed by atoms with Gasteiger partial charge in [0.1, 0.15) is 0 Å². The smallest absolute Gasteiger partial charge is 0.309 e. The molecule has 1 unspecified atom stereocenters. The Labute approximate surface area is 66.0 Å². The molecule has 1 aliphatic heterocycles. The molecule has 1 atom stereocenters. The number of esters is 1. The van der Waals surface area contributed by atoms with Crippen molar-refractivity contribution in [2.24, 2.45) is 5.92 Å². The van der Waals surface area contributed by atoms with Crippen molar-refractivity contribution in [3.8, 4) is 6.07 Å². The molecule has 0 aromatic rings. The quantitative estimate of drug-likeness (QED) is 0.532. The Bertz CT molecular complexity index is 183. The van der Waals surface area contributed by atoms with Gasteiger partial charge in [-0.15, -0.1) is 0 Å². The van der Waals surface area contributed by atoms with Crippen LogP contribution in [0, 0.1) is 17.2 Å². The molecule has 0 bridgehead atoms. The van der Waals surface area contributed by atoms with Crippen LogP contribution in [0.15, 0.2) is 0 Å². The van der Waals surface area contributed by atoms with Crippen LogP contribution < -0.4 is 0 Å². The van der Waals surface area contributed by atoms with Crippen molar-refractivity contribution in [1.82, 2.24) is 0 Å². The van der Waals surface area contributed by atoms with Crippen molar-refractivity contribution < 1.29 is 9.53 Å². The Morgan fingerprint density at radius 3 is 3.18 bits per heavy atom. The molecule has 11 heavy (non-hydrogen) atoms. The van der Waals surface area contributed by atoms with Crippen molar-refractivity contribution in [3.05, 3.63) is 0 Å². The first-order valence-electron chi connectivity index (χ1n) is 3.88. The molecule has 0 amide bonds. The van der Waals surface area contributed by atoms with Gasteiger partial charge in [-0.2, -0.15) is 5.26 Å². The molecule has 1 rings (SSSR count). The lowest BCUT2D eigenvalue weighted by atomic mass is 10.0. The van der Waals surface area contributed by atoms with Gasteiger partial charge in [0.2, 0.25) is 0 Å². The molecule has 0 N–H and O–H groups in total. The summed E-state index contributed by atoms with van der Waals surface area (Å²) >= 11 is 0. The maximum Gasteiger partial charge on any atom is 0.309 e. The minimum Gasteiger partial charge on any atom is -0.465 e. The lowest BCUT2D eigenvalue weighted by Gasteiger charge is -2.05. The van der Waals surface area contributed by atoms with E-state index in [1.807, 2.05) is 6.07 Å². The lowest BCUT2D eigenvalue weighted by Crippen LogP contribution is -2.14. The number of ether oxygens (including phenoxy) is 1. The Morgan fingerprint density at radius 2 is 2.45 bits per heavy atom. The first-order valence-corrected chi connectivity index (χ1v) is 3.88. The molecular weight excluding hydrogens is 142 g/mol. The molecule has 0 aliphatic carbocycles. The molecule has 1 heterocycles. The third-order valence-electron chi connectivity index (χ3n) is 1.86. The first kappa shape index (κ1) is 8.06. The number of hydrogen-bond donors (Lipinski definition) is 0. The summed E-state index contributed by atoms with van der Waals surface area (Å²) in [7, 11) is 0. The number of cyclic esters (lactones) is 1. The normalized spacial score (nSPS) is 25.0. The Kier molecular flexibility index (Phi) is 2.91. The van der Waals surface area contributed by atoms with Crippen molar-refractivity contribution in [1.29, 1.82) is 5.26 Å². The van der Waals surface area contributed by atoms with Gasteiger partial charge in [0.15, 0.2) is 0 Å². The Morgan fingerprint density at radius 1 is 1.64 bits per heavy atom. The maximum absolute atomic E-state index is 11.0. The summed E-state index contributed by atoms with van der Waals surface area (Å²) in [6.45, 7) is 0.529. The molecule has 0 spiro atoms. The zero-order valence-electron chi connectivity index (χ0n) is 6.38. The molecule has 3 nitrogen and oxygen atoms in total. The lowest BCUT2D eigenvalue weighted by molar-refractivity contribution is -0.147. The molecule has 0 saturated carbocycles. The second-order valence-electron chi connectivity index (χ2n) is 2.72. The van der Waals surface area contributed by atoms with Crippen LogP contribution in [0.4, 0.5) is 0 Å². The minimum atomic E-state index is -0.191. The highest BCUT2D eigenvalue weighted by molar-refractivity contribution is 5.72. The number of nitriles is 1. The van der Waals surface area contributed by atoms with Crippen LogP contribution in [0.1, 0.15) is 25.7 Å². The van der Waals surface area contributed by atoms with E-state index in [1.165, 1.54) is 0 Å². The third kappa shape index (κ3) is 2.23. The second-order valence-corrected chi connectivity index (χ2v) is 2.72. The van der Waals surface area contributed by atoms with Crippen LogP contribution in [-0.4, -0.2) is 12.6 Å². The van der Waals surface area contributed by atoms with Crippen LogP contribution in [0.5, 0.6) is 0 Å². The average Bonchev–Trinajstić information content (AvgIpc) is 2.18. The second kappa shape index (κ2) is 3.97. The predicted octanol–water partition coefficient (Wildman–Crippen LogP) is 1.24. The summed E-state index contributed by atoms with van der Waals surface area (Å²) < 4.78 is 4.88. The molecule has 0 aromatic carbocycles. The molecule has 0 aromatic heterocycles. The van der Waals surface area contributed by atoms with Crippen LogP contribution in [-0.2, 0) is 9.53 Å². The molecule has 3 heteroatoms. The number of rotatable bonds is 1. The van der Waals surface area contributed by atoms with Gasteiger partial charge in [-0.3, -0.25) is 4.79 Å². The highest BCUT2D eigenvalue weighted by atomic mass is 16.5. The summed E-state index contributed by atoms with van der Waals surface area (Å²) in [6.07, 6.45) is 3.05. The van der Waals surface area contributed by atoms with Crippen LogP contribution in [0.2, 0.25) is 0 Å². The number of carbonyl (C=O) groups excluding carboxylic acids is 1. The van der Waals surface area contributed by atoms with Crippen LogP contribution in [0.3, 0.4) is 0 Å². The van der Waals surface area contributed by atoms with Crippen molar-refractivity contribution in [2.45, 2.75) is 25.7 Å². The van der Waals surface area contributed by atoms with E-state index >= 15 is 0 Å². The monoisotopic (exact) mass is 153 g/mol. The van der Waals surface area contributed by atoms with E-state index in [4.69, 9.17) is 10.00 Å². The fraction of sp³-hybridized carbons (Fsp3) is 0.750. The average molecular weight is 153 g/mol. The van der Waals surface area contributed by atoms with Crippen LogP contribution >= 0.6 is 0 Å². The van der Waals surface area contributed by atoms with E-state index in [9.17, 15) is 4.79 Å². The van der Waals surface area contributed by atoms with Gasteiger partial charge in [0.05, 0.1) is 18.6 Å². The third-order valence-corrected chi connectivity index (χ3v) is 1.86. The zero-order valence-corrected chi connectivity index (χ0v) is 6.38. The summed E-state index contributed by atoms with van der Waals surface area (Å²) in [5.41, 5.74) is 0. The molecule has 60 valence electrons. The van der Waals surface area contributed by atoms with Gasteiger partial charge < -0.3 is 4.74 Å². The molecule has 1 fully saturated rings. The standard InChI is InChI=1S/C8H11NO2/c9-5-4-7-3-1-2-6-11-8(7)10/h7H,1-4,6H2. The highest BCUT2D eigenvalue weighted by Crippen LogP contribution is 2.17. The fourth-order valence-electron chi connectivity index (χ4n) is 1.20. The Hall–Kier alpha value is -1.04. The van der Waals surface area contributed by atoms with Crippen LogP contribution in [0.25, 0.3) is 0 Å². The predicted molar refractivity (Wildman–Crippen MR) is 38.5 cm³/mol. The van der Waals surface area contributed by atoms with E-state index in [0.717, 1.165) is 19.3 Å². The van der Waals surface area contributed by atoms with E-state index in [1.54, 1.807) is 0 Å². The van der Waals surface area contributed by atoms with Crippen molar-refractivity contribution in [2.75, 3.05) is 6.61 Å². The van der Waals surface area contributed by atoms with Gasteiger partial charge >= 0.3 is 5.97 Å². The van der Waals surface area contributed by atoms with E-state index in [0.29, 0.717) is 13.0 Å². The van der Waals surface area contributed by atoms with Gasteiger partial charge in [0, 0.05) is 6.42 Å². The molecule has 1 saturated heterocycles. The van der Waals surface area contributed by atoms with E-state index in [2.05, 4.69) is 0 Å². The zero-order chi connectivity index (χ0) is 8.10. The highest BCUT2D eigenvalue weighted by Gasteiger charge is 2.21. The fourth-order valence-corrected chi connectivity index (χ4v) is 1.20. The SMILES string of the molecule is N#CCC1CCCCOC1=O. The molecular formula is C8H11NO2. The summed E-state index contributed by atoms with van der Waals surface area (Å²) in [5.74, 6) is -0.355. The van der Waals surface area contributed by atoms with Gasteiger partial charge in [-0.05, 0) is 19.3 Å². The summed E-state index contributed by atoms with van der Waals surface area (Å²) in [5, 5.41) is 8.37. The number of carbonyl (C=O) groups is 1. The molecule has 0 radical (unpaired) electrons. The summed E-state index contributed by atoms with van der Waals surface area (Å²) in [6, 6.07) is 1.99. The number of hydrogen-bond acceptors (Lipinski definition) is 3. The van der Waals surface area contributed by atoms with Gasteiger partial charge in [-0.25, -0.2) is 0 Å². The first-order chi connectivity index (χ1) is 5.34.